The number of fused-ring (bicyclic) bond motifs is 1. The predicted octanol–water partition coefficient (Wildman–Crippen LogP) is 1.03. The Morgan fingerprint density at radius 3 is 3.11 bits per heavy atom. The van der Waals surface area contributed by atoms with Crippen LogP contribution in [0.3, 0.4) is 0 Å². The highest BCUT2D eigenvalue weighted by Crippen LogP contribution is 2.34. The zero-order valence-electron chi connectivity index (χ0n) is 10.5. The Bertz CT molecular complexity index is 421. The number of amides is 1. The van der Waals surface area contributed by atoms with Crippen molar-refractivity contribution in [1.29, 1.82) is 0 Å². The third kappa shape index (κ3) is 3.13. The molecular weight excluding hydrogens is 232 g/mol. The molecule has 1 aromatic carbocycles. The van der Waals surface area contributed by atoms with Crippen LogP contribution in [0, 0.1) is 0 Å². The molecule has 0 atom stereocenters. The van der Waals surface area contributed by atoms with E-state index in [-0.39, 0.29) is 12.7 Å². The fourth-order valence-electron chi connectivity index (χ4n) is 1.77. The minimum Gasteiger partial charge on any atom is -0.454 e. The van der Waals surface area contributed by atoms with Gasteiger partial charge in [-0.2, -0.15) is 0 Å². The highest BCUT2D eigenvalue weighted by Gasteiger charge is 2.16. The molecule has 1 aliphatic heterocycles. The fourth-order valence-corrected chi connectivity index (χ4v) is 1.77. The topological polar surface area (TPSA) is 59.6 Å². The van der Waals surface area contributed by atoms with Crippen molar-refractivity contribution in [3.05, 3.63) is 23.8 Å². The van der Waals surface area contributed by atoms with Crippen LogP contribution in [0.15, 0.2) is 18.2 Å². The van der Waals surface area contributed by atoms with E-state index >= 15 is 0 Å². The third-order valence-electron chi connectivity index (χ3n) is 2.65. The number of carbonyl (C=O) groups is 1. The lowest BCUT2D eigenvalue weighted by Crippen LogP contribution is -2.33. The molecule has 0 bridgehead atoms. The van der Waals surface area contributed by atoms with E-state index in [2.05, 4.69) is 10.6 Å². The van der Waals surface area contributed by atoms with E-state index in [0.717, 1.165) is 30.0 Å². The summed E-state index contributed by atoms with van der Waals surface area (Å²) in [7, 11) is 0. The van der Waals surface area contributed by atoms with Gasteiger partial charge in [0.25, 0.3) is 0 Å². The molecule has 0 radical (unpaired) electrons. The highest BCUT2D eigenvalue weighted by atomic mass is 16.7. The van der Waals surface area contributed by atoms with Crippen molar-refractivity contribution in [2.45, 2.75) is 19.9 Å². The van der Waals surface area contributed by atoms with Gasteiger partial charge in [-0.1, -0.05) is 19.1 Å². The van der Waals surface area contributed by atoms with Gasteiger partial charge in [0.1, 0.15) is 0 Å². The average molecular weight is 250 g/mol. The minimum absolute atomic E-state index is 0.0154. The highest BCUT2D eigenvalue weighted by molar-refractivity contribution is 5.77. The summed E-state index contributed by atoms with van der Waals surface area (Å²) in [5.74, 6) is 1.56. The van der Waals surface area contributed by atoms with Crippen molar-refractivity contribution >= 4 is 5.91 Å². The molecule has 2 rings (SSSR count). The van der Waals surface area contributed by atoms with Gasteiger partial charge in [0, 0.05) is 18.7 Å². The van der Waals surface area contributed by atoms with Crippen molar-refractivity contribution in [3.8, 4) is 11.5 Å². The molecule has 1 aliphatic rings. The minimum atomic E-state index is 0.0154. The van der Waals surface area contributed by atoms with Crippen LogP contribution in [0.25, 0.3) is 0 Å². The molecular formula is C13H18N2O3. The number of nitrogens with one attached hydrogen (secondary N) is 2. The Labute approximate surface area is 106 Å². The first kappa shape index (κ1) is 12.7. The fraction of sp³-hybridized carbons (Fsp3) is 0.462. The van der Waals surface area contributed by atoms with Crippen LogP contribution < -0.4 is 20.1 Å². The second-order valence-corrected chi connectivity index (χ2v) is 4.10. The van der Waals surface area contributed by atoms with Crippen LogP contribution in [0.5, 0.6) is 11.5 Å². The Morgan fingerprint density at radius 2 is 2.28 bits per heavy atom. The maximum absolute atomic E-state index is 11.4. The summed E-state index contributed by atoms with van der Waals surface area (Å²) in [6.07, 6.45) is 0.948. The zero-order chi connectivity index (χ0) is 12.8. The van der Waals surface area contributed by atoms with Gasteiger partial charge in [-0.15, -0.1) is 0 Å². The number of hydrogen-bond acceptors (Lipinski definition) is 4. The lowest BCUT2D eigenvalue weighted by Gasteiger charge is -2.08. The molecule has 0 aromatic heterocycles. The normalized spacial score (nSPS) is 12.5. The molecule has 1 heterocycles. The molecule has 0 fully saturated rings. The summed E-state index contributed by atoms with van der Waals surface area (Å²) < 4.78 is 10.7. The summed E-state index contributed by atoms with van der Waals surface area (Å²) in [5, 5.41) is 5.91. The number of para-hydroxylation sites is 1. The summed E-state index contributed by atoms with van der Waals surface area (Å²) in [6.45, 7) is 3.91. The summed E-state index contributed by atoms with van der Waals surface area (Å²) in [6, 6.07) is 5.76. The number of benzene rings is 1. The monoisotopic (exact) mass is 250 g/mol. The number of ether oxygens (including phenoxy) is 2. The molecule has 0 aliphatic carbocycles. The van der Waals surface area contributed by atoms with Crippen LogP contribution in [-0.4, -0.2) is 25.8 Å². The van der Waals surface area contributed by atoms with E-state index in [1.807, 2.05) is 25.1 Å². The Balaban J connectivity index is 1.80. The van der Waals surface area contributed by atoms with Gasteiger partial charge in [0.15, 0.2) is 11.5 Å². The Hall–Kier alpha value is -1.75. The number of hydrogen-bond donors (Lipinski definition) is 2. The molecule has 0 saturated heterocycles. The molecule has 98 valence electrons. The van der Waals surface area contributed by atoms with Crippen LogP contribution in [0.4, 0.5) is 0 Å². The van der Waals surface area contributed by atoms with E-state index in [1.165, 1.54) is 0 Å². The van der Waals surface area contributed by atoms with E-state index < -0.39 is 0 Å². The first-order valence-electron chi connectivity index (χ1n) is 6.16. The second-order valence-electron chi connectivity index (χ2n) is 4.10. The van der Waals surface area contributed by atoms with Gasteiger partial charge >= 0.3 is 0 Å². The van der Waals surface area contributed by atoms with E-state index in [1.54, 1.807) is 0 Å². The Morgan fingerprint density at radius 1 is 1.39 bits per heavy atom. The molecule has 5 nitrogen and oxygen atoms in total. The third-order valence-corrected chi connectivity index (χ3v) is 2.65. The Kier molecular flexibility index (Phi) is 4.41. The summed E-state index contributed by atoms with van der Waals surface area (Å²) in [4.78, 5) is 11.4. The predicted molar refractivity (Wildman–Crippen MR) is 67.6 cm³/mol. The van der Waals surface area contributed by atoms with Gasteiger partial charge in [-0.3, -0.25) is 4.79 Å². The maximum atomic E-state index is 11.4. The maximum Gasteiger partial charge on any atom is 0.233 e. The molecule has 1 amide bonds. The van der Waals surface area contributed by atoms with Gasteiger partial charge < -0.3 is 20.1 Å². The summed E-state index contributed by atoms with van der Waals surface area (Å²) >= 11 is 0. The van der Waals surface area contributed by atoms with Crippen molar-refractivity contribution in [2.24, 2.45) is 0 Å². The van der Waals surface area contributed by atoms with Crippen LogP contribution in [0.1, 0.15) is 18.9 Å². The number of carbonyl (C=O) groups excluding carboxylic acids is 1. The largest absolute Gasteiger partial charge is 0.454 e. The molecule has 5 heteroatoms. The zero-order valence-corrected chi connectivity index (χ0v) is 10.5. The van der Waals surface area contributed by atoms with Crippen molar-refractivity contribution in [3.63, 3.8) is 0 Å². The van der Waals surface area contributed by atoms with Crippen LogP contribution in [0.2, 0.25) is 0 Å². The molecule has 0 saturated carbocycles. The quantitative estimate of drug-likeness (QED) is 0.791. The molecule has 18 heavy (non-hydrogen) atoms. The smallest absolute Gasteiger partial charge is 0.233 e. The average Bonchev–Trinajstić information content (AvgIpc) is 2.85. The van der Waals surface area contributed by atoms with E-state index in [4.69, 9.17) is 9.47 Å². The molecule has 2 N–H and O–H groups in total. The lowest BCUT2D eigenvalue weighted by molar-refractivity contribution is -0.120. The first-order valence-corrected chi connectivity index (χ1v) is 6.16. The molecule has 0 unspecified atom stereocenters. The van der Waals surface area contributed by atoms with Gasteiger partial charge in [0.05, 0.1) is 6.54 Å². The second kappa shape index (κ2) is 6.26. The van der Waals surface area contributed by atoms with E-state index in [9.17, 15) is 4.79 Å². The molecule has 0 spiro atoms. The van der Waals surface area contributed by atoms with Crippen molar-refractivity contribution in [1.82, 2.24) is 10.6 Å². The summed E-state index contributed by atoms with van der Waals surface area (Å²) in [5.41, 5.74) is 1.01. The van der Waals surface area contributed by atoms with E-state index in [0.29, 0.717) is 13.1 Å². The van der Waals surface area contributed by atoms with Gasteiger partial charge in [-0.25, -0.2) is 0 Å². The first-order chi connectivity index (χ1) is 8.81. The van der Waals surface area contributed by atoms with Crippen molar-refractivity contribution < 1.29 is 14.3 Å². The van der Waals surface area contributed by atoms with Crippen LogP contribution >= 0.6 is 0 Å². The van der Waals surface area contributed by atoms with Gasteiger partial charge in [-0.05, 0) is 12.5 Å². The SMILES string of the molecule is CCCNC(=O)CNCc1cccc2c1OCO2. The molecule has 1 aromatic rings. The van der Waals surface area contributed by atoms with Gasteiger partial charge in [0.2, 0.25) is 12.7 Å². The van der Waals surface area contributed by atoms with Crippen molar-refractivity contribution in [2.75, 3.05) is 19.9 Å². The number of rotatable bonds is 6. The van der Waals surface area contributed by atoms with Crippen LogP contribution in [-0.2, 0) is 11.3 Å². The lowest BCUT2D eigenvalue weighted by atomic mass is 10.2. The standard InChI is InChI=1S/C13H18N2O3/c1-2-6-15-12(16)8-14-7-10-4-3-5-11-13(10)18-9-17-11/h3-5,14H,2,6-9H2,1H3,(H,15,16).